The van der Waals surface area contributed by atoms with Gasteiger partial charge >= 0.3 is 24.2 Å². The summed E-state index contributed by atoms with van der Waals surface area (Å²) in [6.07, 6.45) is -2.17. The quantitative estimate of drug-likeness (QED) is 0.220. The zero-order valence-corrected chi connectivity index (χ0v) is 23.8. The highest BCUT2D eigenvalue weighted by Gasteiger charge is 2.43. The van der Waals surface area contributed by atoms with Gasteiger partial charge in [-0.25, -0.2) is 33.0 Å². The van der Waals surface area contributed by atoms with E-state index < -0.39 is 47.4 Å². The van der Waals surface area contributed by atoms with Gasteiger partial charge in [-0.15, -0.1) is 0 Å². The van der Waals surface area contributed by atoms with Gasteiger partial charge < -0.3 is 30.3 Å². The Morgan fingerprint density at radius 2 is 1.82 bits per heavy atom. The van der Waals surface area contributed by atoms with Crippen molar-refractivity contribution >= 4 is 23.8 Å². The number of hydrogen-bond donors (Lipinski definition) is 3. The number of piperidine rings is 1. The van der Waals surface area contributed by atoms with E-state index in [1.165, 1.54) is 19.4 Å². The predicted octanol–water partition coefficient (Wildman–Crippen LogP) is 3.49. The SMILES string of the molecule is COCC1=C(C(=O)OC)C(c2ccc(F)c(F)c2)N(C(=O)NCCNC2CCN(c3ncccc3C(F)(F)F)CC2)C(=O)N1. The number of ether oxygens (including phenoxy) is 2. The summed E-state index contributed by atoms with van der Waals surface area (Å²) in [6.45, 7) is 0.689. The zero-order valence-electron chi connectivity index (χ0n) is 23.8. The van der Waals surface area contributed by atoms with Crippen LogP contribution in [0.5, 0.6) is 0 Å². The summed E-state index contributed by atoms with van der Waals surface area (Å²) in [5, 5.41) is 8.23. The fourth-order valence-electron chi connectivity index (χ4n) is 5.18. The van der Waals surface area contributed by atoms with Gasteiger partial charge in [0.15, 0.2) is 11.6 Å². The minimum Gasteiger partial charge on any atom is -0.466 e. The number of aromatic nitrogens is 1. The second kappa shape index (κ2) is 14.0. The third-order valence-electron chi connectivity index (χ3n) is 7.23. The highest BCUT2D eigenvalue weighted by atomic mass is 19.4. The molecule has 2 aliphatic rings. The van der Waals surface area contributed by atoms with Crippen molar-refractivity contribution < 1.29 is 45.8 Å². The molecular formula is C28H31F5N6O5. The molecule has 4 rings (SSSR count). The Bertz CT molecular complexity index is 1410. The van der Waals surface area contributed by atoms with Gasteiger partial charge in [0.05, 0.1) is 30.6 Å². The molecule has 238 valence electrons. The first kappa shape index (κ1) is 32.6. The van der Waals surface area contributed by atoms with Crippen LogP contribution in [0.15, 0.2) is 47.8 Å². The number of anilines is 1. The minimum absolute atomic E-state index is 0.0100. The number of imide groups is 1. The van der Waals surface area contributed by atoms with Crippen LogP contribution in [-0.4, -0.2) is 81.0 Å². The number of nitrogens with zero attached hydrogens (tertiary/aromatic N) is 3. The van der Waals surface area contributed by atoms with E-state index in [4.69, 9.17) is 9.47 Å². The van der Waals surface area contributed by atoms with Crippen LogP contribution < -0.4 is 20.9 Å². The molecule has 0 bridgehead atoms. The summed E-state index contributed by atoms with van der Waals surface area (Å²) >= 11 is 0. The molecule has 11 nitrogen and oxygen atoms in total. The molecule has 2 aliphatic heterocycles. The number of rotatable bonds is 9. The van der Waals surface area contributed by atoms with Crippen LogP contribution in [0.1, 0.15) is 30.0 Å². The molecule has 1 atom stereocenters. The number of methoxy groups -OCH3 is 2. The van der Waals surface area contributed by atoms with Crippen LogP contribution in [0.4, 0.5) is 37.4 Å². The van der Waals surface area contributed by atoms with Gasteiger partial charge in [0, 0.05) is 45.5 Å². The second-order valence-electron chi connectivity index (χ2n) is 10.0. The minimum atomic E-state index is -4.52. The van der Waals surface area contributed by atoms with Crippen molar-refractivity contribution in [1.29, 1.82) is 0 Å². The number of amides is 4. The summed E-state index contributed by atoms with van der Waals surface area (Å²) < 4.78 is 78.0. The molecule has 1 fully saturated rings. The molecular weight excluding hydrogens is 595 g/mol. The number of esters is 1. The highest BCUT2D eigenvalue weighted by Crippen LogP contribution is 2.37. The van der Waals surface area contributed by atoms with Gasteiger partial charge in [-0.2, -0.15) is 13.2 Å². The van der Waals surface area contributed by atoms with Crippen molar-refractivity contribution in [3.8, 4) is 0 Å². The number of halogens is 5. The largest absolute Gasteiger partial charge is 0.466 e. The molecule has 3 heterocycles. The number of hydrogen-bond acceptors (Lipinski definition) is 8. The zero-order chi connectivity index (χ0) is 32.0. The molecule has 0 saturated carbocycles. The smallest absolute Gasteiger partial charge is 0.419 e. The first-order valence-electron chi connectivity index (χ1n) is 13.6. The summed E-state index contributed by atoms with van der Waals surface area (Å²) in [4.78, 5) is 45.3. The van der Waals surface area contributed by atoms with Gasteiger partial charge in [0.2, 0.25) is 0 Å². The summed E-state index contributed by atoms with van der Waals surface area (Å²) in [5.41, 5.74) is -1.07. The Morgan fingerprint density at radius 1 is 1.09 bits per heavy atom. The topological polar surface area (TPSA) is 125 Å². The molecule has 1 saturated heterocycles. The monoisotopic (exact) mass is 626 g/mol. The first-order chi connectivity index (χ1) is 21.0. The van der Waals surface area contributed by atoms with Gasteiger partial charge in [0.1, 0.15) is 11.9 Å². The number of nitrogens with one attached hydrogen (secondary N) is 3. The third kappa shape index (κ3) is 7.24. The fraction of sp³-hybridized carbons (Fsp3) is 0.429. The van der Waals surface area contributed by atoms with E-state index in [0.29, 0.717) is 30.8 Å². The molecule has 2 aromatic rings. The summed E-state index contributed by atoms with van der Waals surface area (Å²) in [5.74, 6) is -3.46. The lowest BCUT2D eigenvalue weighted by atomic mass is 9.93. The number of urea groups is 2. The molecule has 3 N–H and O–H groups in total. The lowest BCUT2D eigenvalue weighted by molar-refractivity contribution is -0.138. The van der Waals surface area contributed by atoms with Crippen molar-refractivity contribution in [2.24, 2.45) is 0 Å². The van der Waals surface area contributed by atoms with E-state index in [2.05, 4.69) is 20.9 Å². The van der Waals surface area contributed by atoms with Crippen LogP contribution in [0.3, 0.4) is 0 Å². The average molecular weight is 627 g/mol. The Kier molecular flexibility index (Phi) is 10.4. The van der Waals surface area contributed by atoms with Crippen LogP contribution in [0.25, 0.3) is 0 Å². The van der Waals surface area contributed by atoms with E-state index in [-0.39, 0.29) is 48.4 Å². The molecule has 16 heteroatoms. The van der Waals surface area contributed by atoms with E-state index in [9.17, 15) is 36.3 Å². The highest BCUT2D eigenvalue weighted by molar-refractivity contribution is 6.01. The maximum atomic E-state index is 14.2. The van der Waals surface area contributed by atoms with E-state index in [1.54, 1.807) is 4.90 Å². The average Bonchev–Trinajstić information content (AvgIpc) is 3.00. The van der Waals surface area contributed by atoms with Crippen LogP contribution in [-0.2, 0) is 20.4 Å². The normalized spacial score (nSPS) is 17.9. The molecule has 0 aliphatic carbocycles. The molecule has 0 spiro atoms. The van der Waals surface area contributed by atoms with E-state index in [1.807, 2.05) is 0 Å². The van der Waals surface area contributed by atoms with Gasteiger partial charge in [-0.1, -0.05) is 6.07 Å². The van der Waals surface area contributed by atoms with E-state index >= 15 is 0 Å². The molecule has 4 amide bonds. The fourth-order valence-corrected chi connectivity index (χ4v) is 5.18. The van der Waals surface area contributed by atoms with Crippen LogP contribution in [0.2, 0.25) is 0 Å². The van der Waals surface area contributed by atoms with Gasteiger partial charge in [-0.3, -0.25) is 0 Å². The van der Waals surface area contributed by atoms with Crippen molar-refractivity contribution in [1.82, 2.24) is 25.8 Å². The third-order valence-corrected chi connectivity index (χ3v) is 7.23. The number of alkyl halides is 3. The summed E-state index contributed by atoms with van der Waals surface area (Å²) in [6, 6.07) is 1.58. The molecule has 1 aromatic carbocycles. The molecule has 0 radical (unpaired) electrons. The molecule has 44 heavy (non-hydrogen) atoms. The number of benzene rings is 1. The Labute approximate surface area is 249 Å². The summed E-state index contributed by atoms with van der Waals surface area (Å²) in [7, 11) is 2.40. The van der Waals surface area contributed by atoms with E-state index in [0.717, 1.165) is 31.4 Å². The Balaban J connectivity index is 1.41. The van der Waals surface area contributed by atoms with Gasteiger partial charge in [0.25, 0.3) is 0 Å². The maximum Gasteiger partial charge on any atom is 0.419 e. The number of pyridine rings is 1. The lowest BCUT2D eigenvalue weighted by Gasteiger charge is -2.37. The number of carbonyl (C=O) groups excluding carboxylic acids is 3. The van der Waals surface area contributed by atoms with Crippen LogP contribution in [0, 0.1) is 11.6 Å². The molecule has 1 aromatic heterocycles. The number of carbonyl (C=O) groups is 3. The first-order valence-corrected chi connectivity index (χ1v) is 13.6. The van der Waals surface area contributed by atoms with Crippen molar-refractivity contribution in [2.75, 3.05) is 51.9 Å². The second-order valence-corrected chi connectivity index (χ2v) is 10.0. The van der Waals surface area contributed by atoms with Crippen LogP contribution >= 0.6 is 0 Å². The maximum absolute atomic E-state index is 14.2. The Morgan fingerprint density at radius 3 is 2.45 bits per heavy atom. The van der Waals surface area contributed by atoms with Crippen molar-refractivity contribution in [3.05, 3.63) is 70.6 Å². The molecule has 1 unspecified atom stereocenters. The standard InChI is InChI=1S/C28H31F5N6O5/c1-43-15-21-22(25(40)44-2)23(16-5-6-19(29)20(30)14-16)39(27(42)37-21)26(41)36-11-10-34-17-7-12-38(13-8-17)24-18(28(31,32)33)4-3-9-35-24/h3-6,9,14,17,23,34H,7-8,10-13,15H2,1-2H3,(H,36,41)(H,37,42). The van der Waals surface area contributed by atoms with Gasteiger partial charge in [-0.05, 0) is 42.7 Å². The van der Waals surface area contributed by atoms with Crippen molar-refractivity contribution in [2.45, 2.75) is 31.1 Å². The lowest BCUT2D eigenvalue weighted by Crippen LogP contribution is -2.56. The Hall–Kier alpha value is -4.31. The van der Waals surface area contributed by atoms with Crippen molar-refractivity contribution in [3.63, 3.8) is 0 Å². The predicted molar refractivity (Wildman–Crippen MR) is 146 cm³/mol.